The van der Waals surface area contributed by atoms with Crippen LogP contribution in [0.1, 0.15) is 39.5 Å². The van der Waals surface area contributed by atoms with Crippen LogP contribution in [0.25, 0.3) is 42.0 Å². The molecule has 0 radical (unpaired) electrons. The van der Waals surface area contributed by atoms with E-state index in [1.165, 1.54) is 45.4 Å². The van der Waals surface area contributed by atoms with Gasteiger partial charge in [0.2, 0.25) is 16.7 Å². The van der Waals surface area contributed by atoms with Gasteiger partial charge in [0, 0.05) is 127 Å². The van der Waals surface area contributed by atoms with Crippen molar-refractivity contribution in [1.82, 2.24) is 19.8 Å². The molecule has 12 nitrogen and oxygen atoms in total. The minimum Gasteiger partial charge on any atom is -0.494 e. The van der Waals surface area contributed by atoms with Crippen molar-refractivity contribution in [3.05, 3.63) is 130 Å². The van der Waals surface area contributed by atoms with E-state index in [9.17, 15) is 14.4 Å². The number of rotatable bonds is 15. The number of aromatic nitrogens is 2. The third-order valence-corrected chi connectivity index (χ3v) is 14.0. The molecule has 6 heterocycles. The van der Waals surface area contributed by atoms with Crippen molar-refractivity contribution in [1.29, 1.82) is 0 Å². The molecule has 4 aromatic heterocycles. The number of esters is 1. The van der Waals surface area contributed by atoms with Crippen molar-refractivity contribution >= 4 is 98.8 Å². The van der Waals surface area contributed by atoms with Crippen LogP contribution >= 0.6 is 34.3 Å². The van der Waals surface area contributed by atoms with Gasteiger partial charge in [-0.1, -0.05) is 12.1 Å². The Bertz CT molecular complexity index is 3010. The molecule has 0 spiro atoms. The average Bonchev–Trinajstić information content (AvgIpc) is 4.05. The van der Waals surface area contributed by atoms with E-state index in [2.05, 4.69) is 100 Å². The predicted octanol–water partition coefficient (Wildman–Crippen LogP) is 10.9. The lowest BCUT2D eigenvalue weighted by atomic mass is 10.2. The molecule has 0 saturated carbocycles. The number of carbonyl (C=O) groups excluding carboxylic acids is 2. The summed E-state index contributed by atoms with van der Waals surface area (Å²) in [6.45, 7) is 15.0. The number of anilines is 2. The van der Waals surface area contributed by atoms with Crippen LogP contribution in [-0.2, 0) is 9.59 Å². The molecular formula is C54H59ClN6O6S2. The normalized spacial score (nSPS) is 14.3. The maximum atomic E-state index is 11.5. The first kappa shape index (κ1) is 49.4. The van der Waals surface area contributed by atoms with Crippen molar-refractivity contribution in [2.75, 3.05) is 88.5 Å². The Morgan fingerprint density at radius 3 is 1.68 bits per heavy atom. The van der Waals surface area contributed by atoms with Crippen LogP contribution in [-0.4, -0.2) is 110 Å². The number of halogens is 1. The fourth-order valence-electron chi connectivity index (χ4n) is 8.78. The van der Waals surface area contributed by atoms with Gasteiger partial charge in [0.25, 0.3) is 0 Å². The molecule has 8 aromatic rings. The van der Waals surface area contributed by atoms with Crippen LogP contribution in [0.15, 0.2) is 125 Å². The lowest BCUT2D eigenvalue weighted by Gasteiger charge is -2.36. The molecule has 0 atom stereocenters. The third-order valence-electron chi connectivity index (χ3n) is 12.2. The minimum absolute atomic E-state index is 0.0863. The number of fused-ring (bicyclic) bond motifs is 4. The topological polar surface area (TPSA) is 121 Å². The summed E-state index contributed by atoms with van der Waals surface area (Å²) >= 11 is 8.27. The smallest absolute Gasteiger partial charge is 0.309 e. The standard InChI is InChI=1S/C27H29N3O3S.C25H27N3O2S.C2H3ClO/c1-20(31)33-27-10-8-21-7-9-22(19-24(21)28-27)32-17-3-2-12-29-13-15-30(16-14-29)25-5-4-6-26-23(25)11-18-34-26;29-25-9-7-19-6-8-20(18-22(19)26-25)30-16-2-1-11-27-12-14-28(15-13-27)23-4-3-5-24-21(23)10-17-31-24;1-2(3)4/h4-11,18-19H,2-3,12-17H2,1H3;3-10,17-18H,1-2,11-16H2,(H,26,29);1H3. The van der Waals surface area contributed by atoms with Crippen LogP contribution in [0.3, 0.4) is 0 Å². The van der Waals surface area contributed by atoms with Gasteiger partial charge < -0.3 is 29.0 Å². The van der Waals surface area contributed by atoms with Crippen LogP contribution in [0, 0.1) is 0 Å². The number of hydrogen-bond acceptors (Lipinski definition) is 13. The molecule has 0 amide bonds. The van der Waals surface area contributed by atoms with Crippen molar-refractivity contribution < 1.29 is 23.8 Å². The quantitative estimate of drug-likeness (QED) is 0.0600. The lowest BCUT2D eigenvalue weighted by molar-refractivity contribution is -0.132. The zero-order chi connectivity index (χ0) is 48.0. The number of carbonyl (C=O) groups is 2. The van der Waals surface area contributed by atoms with Crippen LogP contribution in [0.2, 0.25) is 0 Å². The summed E-state index contributed by atoms with van der Waals surface area (Å²) in [7, 11) is 0. The van der Waals surface area contributed by atoms with Gasteiger partial charge in [-0.3, -0.25) is 24.2 Å². The second-order valence-electron chi connectivity index (χ2n) is 17.1. The number of benzene rings is 4. The molecule has 2 aliphatic rings. The number of aromatic amines is 1. The van der Waals surface area contributed by atoms with Crippen molar-refractivity contribution in [2.24, 2.45) is 0 Å². The molecule has 2 aliphatic heterocycles. The molecule has 1 N–H and O–H groups in total. The highest BCUT2D eigenvalue weighted by molar-refractivity contribution is 7.17. The molecular weight excluding hydrogens is 928 g/mol. The van der Waals surface area contributed by atoms with Crippen LogP contribution < -0.4 is 29.6 Å². The van der Waals surface area contributed by atoms with Gasteiger partial charge in [-0.25, -0.2) is 4.98 Å². The third kappa shape index (κ3) is 14.0. The first-order valence-corrected chi connectivity index (χ1v) is 25.8. The summed E-state index contributed by atoms with van der Waals surface area (Å²) < 4.78 is 19.7. The Balaban J connectivity index is 0.000000173. The molecule has 69 heavy (non-hydrogen) atoms. The van der Waals surface area contributed by atoms with E-state index < -0.39 is 0 Å². The lowest BCUT2D eigenvalue weighted by Crippen LogP contribution is -2.46. The number of nitrogens with zero attached hydrogens (tertiary/aromatic N) is 5. The summed E-state index contributed by atoms with van der Waals surface area (Å²) in [4.78, 5) is 49.3. The number of pyridine rings is 2. The fourth-order valence-corrected chi connectivity index (χ4v) is 10.4. The van der Waals surface area contributed by atoms with Crippen molar-refractivity contribution in [3.63, 3.8) is 0 Å². The molecule has 4 aromatic carbocycles. The molecule has 0 aliphatic carbocycles. The molecule has 2 fully saturated rings. The molecule has 0 unspecified atom stereocenters. The second-order valence-corrected chi connectivity index (χ2v) is 19.6. The van der Waals surface area contributed by atoms with Gasteiger partial charge >= 0.3 is 5.97 Å². The summed E-state index contributed by atoms with van der Waals surface area (Å²) in [5, 5.41) is 8.77. The zero-order valence-corrected chi connectivity index (χ0v) is 41.6. The maximum Gasteiger partial charge on any atom is 0.309 e. The molecule has 10 rings (SSSR count). The predicted molar refractivity (Wildman–Crippen MR) is 285 cm³/mol. The number of unbranched alkanes of at least 4 members (excludes halogenated alkanes) is 2. The van der Waals surface area contributed by atoms with Gasteiger partial charge in [0.15, 0.2) is 0 Å². The second kappa shape index (κ2) is 24.5. The Morgan fingerprint density at radius 2 is 1.13 bits per heavy atom. The molecule has 0 bridgehead atoms. The minimum atomic E-state index is -0.375. The highest BCUT2D eigenvalue weighted by atomic mass is 35.5. The highest BCUT2D eigenvalue weighted by Gasteiger charge is 2.20. The van der Waals surface area contributed by atoms with E-state index in [4.69, 9.17) is 14.2 Å². The number of thiophene rings is 2. The van der Waals surface area contributed by atoms with Gasteiger partial charge in [0.05, 0.1) is 24.2 Å². The van der Waals surface area contributed by atoms with Crippen LogP contribution in [0.4, 0.5) is 11.4 Å². The number of hydrogen-bond donors (Lipinski definition) is 1. The van der Waals surface area contributed by atoms with Gasteiger partial charge in [0.1, 0.15) is 11.5 Å². The molecule has 360 valence electrons. The molecule has 2 saturated heterocycles. The summed E-state index contributed by atoms with van der Waals surface area (Å²) in [5.74, 6) is 1.53. The van der Waals surface area contributed by atoms with Crippen molar-refractivity contribution in [3.8, 4) is 17.4 Å². The maximum absolute atomic E-state index is 11.5. The van der Waals surface area contributed by atoms with Crippen molar-refractivity contribution in [2.45, 2.75) is 39.5 Å². The average molecular weight is 988 g/mol. The van der Waals surface area contributed by atoms with Gasteiger partial charge in [-0.05, 0) is 139 Å². The first-order valence-electron chi connectivity index (χ1n) is 23.7. The SMILES string of the molecule is CC(=O)Cl.CC(=O)Oc1ccc2ccc(OCCCCN3CCN(c4cccc5sccc45)CC3)cc2n1.O=c1ccc2ccc(OCCCCN3CCN(c4cccc5sccc45)CC3)cc2[nH]1. The number of H-pyrrole nitrogens is 1. The summed E-state index contributed by atoms with van der Waals surface area (Å²) in [6.07, 6.45) is 4.28. The molecule has 15 heteroatoms. The Kier molecular flexibility index (Phi) is 17.5. The monoisotopic (exact) mass is 986 g/mol. The number of ether oxygens (including phenoxy) is 3. The van der Waals surface area contributed by atoms with Gasteiger partial charge in [-0.15, -0.1) is 22.7 Å². The van der Waals surface area contributed by atoms with E-state index >= 15 is 0 Å². The van der Waals surface area contributed by atoms with E-state index in [-0.39, 0.29) is 16.8 Å². The Labute approximate surface area is 416 Å². The highest BCUT2D eigenvalue weighted by Crippen LogP contribution is 2.33. The van der Waals surface area contributed by atoms with E-state index in [1.807, 2.05) is 71.2 Å². The van der Waals surface area contributed by atoms with E-state index in [1.54, 1.807) is 12.1 Å². The fraction of sp³-hybridized carbons (Fsp3) is 0.333. The Morgan fingerprint density at radius 1 is 0.623 bits per heavy atom. The van der Waals surface area contributed by atoms with E-state index in [0.717, 1.165) is 124 Å². The Hall–Kier alpha value is -6.03. The number of piperazine rings is 2. The zero-order valence-electron chi connectivity index (χ0n) is 39.2. The first-order chi connectivity index (χ1) is 33.6. The summed E-state index contributed by atoms with van der Waals surface area (Å²) in [6, 6.07) is 36.4. The van der Waals surface area contributed by atoms with E-state index in [0.29, 0.717) is 19.1 Å². The van der Waals surface area contributed by atoms with Crippen LogP contribution in [0.5, 0.6) is 17.4 Å². The van der Waals surface area contributed by atoms with Gasteiger partial charge in [-0.2, -0.15) is 0 Å². The number of nitrogens with one attached hydrogen (secondary N) is 1. The largest absolute Gasteiger partial charge is 0.494 e. The summed E-state index contributed by atoms with van der Waals surface area (Å²) in [5.41, 5.74) is 4.24.